The summed E-state index contributed by atoms with van der Waals surface area (Å²) in [6.07, 6.45) is 3.65. The van der Waals surface area contributed by atoms with Gasteiger partial charge in [0.05, 0.1) is 17.1 Å². The van der Waals surface area contributed by atoms with Crippen LogP contribution in [-0.2, 0) is 10.8 Å². The summed E-state index contributed by atoms with van der Waals surface area (Å²) in [7, 11) is 0. The number of hydrogen-bond donors (Lipinski definition) is 0. The molecule has 154 valence electrons. The van der Waals surface area contributed by atoms with Gasteiger partial charge >= 0.3 is 0 Å². The second-order valence-corrected chi connectivity index (χ2v) is 8.47. The summed E-state index contributed by atoms with van der Waals surface area (Å²) in [4.78, 5) is 0. The number of halogens is 2. The van der Waals surface area contributed by atoms with Gasteiger partial charge in [0.2, 0.25) is 0 Å². The fourth-order valence-electron chi connectivity index (χ4n) is 3.48. The summed E-state index contributed by atoms with van der Waals surface area (Å²) in [5.74, 6) is -1.26. The van der Waals surface area contributed by atoms with Crippen LogP contribution in [0.15, 0.2) is 73.1 Å². The average molecular weight is 406 g/mol. The van der Waals surface area contributed by atoms with Crippen molar-refractivity contribution in [1.82, 2.24) is 19.6 Å². The largest absolute Gasteiger partial charge is 0.241 e. The standard InChI is InChI=1S/C24H24F2N4/c1-23(2,21-12-14-29(27-21)18-8-6-5-7-9-18)24(3,4)22-13-15-30(28-22)20-11-10-17(25)16-19(20)26/h5-16H,1-4H3. The number of aromatic nitrogens is 4. The Balaban J connectivity index is 1.67. The third kappa shape index (κ3) is 3.32. The molecule has 30 heavy (non-hydrogen) atoms. The number of para-hydroxylation sites is 1. The van der Waals surface area contributed by atoms with Crippen LogP contribution in [0.25, 0.3) is 11.4 Å². The van der Waals surface area contributed by atoms with Crippen molar-refractivity contribution in [2.45, 2.75) is 38.5 Å². The molecule has 4 rings (SSSR count). The first-order valence-electron chi connectivity index (χ1n) is 9.83. The molecule has 0 aliphatic carbocycles. The number of hydrogen-bond acceptors (Lipinski definition) is 2. The zero-order chi connectivity index (χ0) is 21.5. The second kappa shape index (κ2) is 7.20. The first kappa shape index (κ1) is 20.0. The van der Waals surface area contributed by atoms with Gasteiger partial charge in [0.1, 0.15) is 11.5 Å². The maximum atomic E-state index is 14.2. The van der Waals surface area contributed by atoms with Gasteiger partial charge in [0, 0.05) is 29.3 Å². The van der Waals surface area contributed by atoms with E-state index in [0.29, 0.717) is 0 Å². The van der Waals surface area contributed by atoms with E-state index in [1.807, 2.05) is 53.3 Å². The Labute approximate surface area is 174 Å². The zero-order valence-electron chi connectivity index (χ0n) is 17.5. The van der Waals surface area contributed by atoms with Gasteiger partial charge in [0.25, 0.3) is 0 Å². The molecule has 4 nitrogen and oxygen atoms in total. The molecular weight excluding hydrogens is 382 g/mol. The lowest BCUT2D eigenvalue weighted by Gasteiger charge is -2.39. The van der Waals surface area contributed by atoms with Crippen molar-refractivity contribution in [3.05, 3.63) is 96.1 Å². The summed E-state index contributed by atoms with van der Waals surface area (Å²) >= 11 is 0. The molecule has 2 heterocycles. The Morgan fingerprint density at radius 1 is 0.700 bits per heavy atom. The van der Waals surface area contributed by atoms with Crippen molar-refractivity contribution in [2.75, 3.05) is 0 Å². The molecule has 2 aromatic heterocycles. The molecule has 0 N–H and O–H groups in total. The van der Waals surface area contributed by atoms with Crippen molar-refractivity contribution in [2.24, 2.45) is 0 Å². The van der Waals surface area contributed by atoms with Crippen LogP contribution in [0.2, 0.25) is 0 Å². The van der Waals surface area contributed by atoms with E-state index in [0.717, 1.165) is 23.1 Å². The predicted molar refractivity (Wildman–Crippen MR) is 113 cm³/mol. The smallest absolute Gasteiger partial charge is 0.151 e. The molecule has 0 aliphatic rings. The Kier molecular flexibility index (Phi) is 4.80. The van der Waals surface area contributed by atoms with Crippen molar-refractivity contribution >= 4 is 0 Å². The highest BCUT2D eigenvalue weighted by molar-refractivity contribution is 5.36. The van der Waals surface area contributed by atoms with Crippen molar-refractivity contribution in [3.63, 3.8) is 0 Å². The fourth-order valence-corrected chi connectivity index (χ4v) is 3.48. The summed E-state index contributed by atoms with van der Waals surface area (Å²) in [6, 6.07) is 17.3. The third-order valence-corrected chi connectivity index (χ3v) is 6.20. The minimum Gasteiger partial charge on any atom is -0.241 e. The maximum absolute atomic E-state index is 14.2. The molecule has 0 atom stereocenters. The van der Waals surface area contributed by atoms with Gasteiger partial charge in [-0.1, -0.05) is 45.9 Å². The van der Waals surface area contributed by atoms with Crippen LogP contribution < -0.4 is 0 Å². The van der Waals surface area contributed by atoms with Gasteiger partial charge in [-0.2, -0.15) is 10.2 Å². The second-order valence-electron chi connectivity index (χ2n) is 8.47. The Morgan fingerprint density at radius 2 is 1.27 bits per heavy atom. The van der Waals surface area contributed by atoms with Crippen molar-refractivity contribution in [1.29, 1.82) is 0 Å². The van der Waals surface area contributed by atoms with Gasteiger partial charge in [-0.15, -0.1) is 0 Å². The topological polar surface area (TPSA) is 35.6 Å². The SMILES string of the molecule is CC(C)(c1ccn(-c2ccccc2)n1)C(C)(C)c1ccn(-c2ccc(F)cc2F)n1. The van der Waals surface area contributed by atoms with Gasteiger partial charge < -0.3 is 0 Å². The molecule has 0 radical (unpaired) electrons. The molecule has 0 bridgehead atoms. The first-order chi connectivity index (χ1) is 14.2. The zero-order valence-corrected chi connectivity index (χ0v) is 17.5. The molecule has 0 unspecified atom stereocenters. The normalized spacial score (nSPS) is 12.3. The molecule has 6 heteroatoms. The lowest BCUT2D eigenvalue weighted by molar-refractivity contribution is 0.286. The lowest BCUT2D eigenvalue weighted by atomic mass is 9.64. The summed E-state index contributed by atoms with van der Waals surface area (Å²) in [5.41, 5.74) is 2.15. The van der Waals surface area contributed by atoms with E-state index >= 15 is 0 Å². The predicted octanol–water partition coefficient (Wildman–Crippen LogP) is 5.59. The van der Waals surface area contributed by atoms with E-state index in [-0.39, 0.29) is 11.1 Å². The van der Waals surface area contributed by atoms with Crippen molar-refractivity contribution < 1.29 is 8.78 Å². The summed E-state index contributed by atoms with van der Waals surface area (Å²) in [6.45, 7) is 8.45. The van der Waals surface area contributed by atoms with Crippen LogP contribution in [0.4, 0.5) is 8.78 Å². The van der Waals surface area contributed by atoms with Gasteiger partial charge in [-0.25, -0.2) is 18.1 Å². The van der Waals surface area contributed by atoms with Gasteiger partial charge in [0.15, 0.2) is 5.82 Å². The Hall–Kier alpha value is -3.28. The van der Waals surface area contributed by atoms with Crippen LogP contribution in [0.5, 0.6) is 0 Å². The van der Waals surface area contributed by atoms with Crippen LogP contribution in [0.3, 0.4) is 0 Å². The highest BCUT2D eigenvalue weighted by Gasteiger charge is 2.43. The van der Waals surface area contributed by atoms with E-state index in [9.17, 15) is 8.78 Å². The summed E-state index contributed by atoms with van der Waals surface area (Å²) < 4.78 is 30.7. The Morgan fingerprint density at radius 3 is 1.87 bits per heavy atom. The minimum absolute atomic E-state index is 0.213. The minimum atomic E-state index is -0.650. The van der Waals surface area contributed by atoms with Gasteiger partial charge in [-0.3, -0.25) is 0 Å². The summed E-state index contributed by atoms with van der Waals surface area (Å²) in [5, 5.41) is 9.43. The van der Waals surface area contributed by atoms with Crippen LogP contribution >= 0.6 is 0 Å². The molecule has 0 fully saturated rings. The quantitative estimate of drug-likeness (QED) is 0.433. The molecule has 0 saturated heterocycles. The molecule has 0 spiro atoms. The third-order valence-electron chi connectivity index (χ3n) is 6.20. The molecular formula is C24H24F2N4. The number of benzene rings is 2. The van der Waals surface area contributed by atoms with E-state index < -0.39 is 17.0 Å². The van der Waals surface area contributed by atoms with E-state index in [1.165, 1.54) is 16.8 Å². The Bertz CT molecular complexity index is 1170. The maximum Gasteiger partial charge on any atom is 0.151 e. The van der Waals surface area contributed by atoms with E-state index in [1.54, 1.807) is 6.20 Å². The fraction of sp³-hybridized carbons (Fsp3) is 0.250. The molecule has 2 aromatic carbocycles. The monoisotopic (exact) mass is 406 g/mol. The lowest BCUT2D eigenvalue weighted by Crippen LogP contribution is -2.41. The van der Waals surface area contributed by atoms with E-state index in [4.69, 9.17) is 5.10 Å². The van der Waals surface area contributed by atoms with Crippen LogP contribution in [0, 0.1) is 11.6 Å². The van der Waals surface area contributed by atoms with Crippen LogP contribution in [0.1, 0.15) is 39.1 Å². The molecule has 0 saturated carbocycles. The number of rotatable bonds is 5. The highest BCUT2D eigenvalue weighted by atomic mass is 19.1. The first-order valence-corrected chi connectivity index (χ1v) is 9.83. The molecule has 4 aromatic rings. The van der Waals surface area contributed by atoms with E-state index in [2.05, 4.69) is 32.8 Å². The van der Waals surface area contributed by atoms with Crippen LogP contribution in [-0.4, -0.2) is 19.6 Å². The van der Waals surface area contributed by atoms with Crippen molar-refractivity contribution in [3.8, 4) is 11.4 Å². The molecule has 0 amide bonds. The average Bonchev–Trinajstić information content (AvgIpc) is 3.39. The highest BCUT2D eigenvalue weighted by Crippen LogP contribution is 2.42. The molecule has 0 aliphatic heterocycles. The number of nitrogens with zero attached hydrogens (tertiary/aromatic N) is 4. The van der Waals surface area contributed by atoms with Gasteiger partial charge in [-0.05, 0) is 36.4 Å².